The summed E-state index contributed by atoms with van der Waals surface area (Å²) in [6.45, 7) is 4.13. The van der Waals surface area contributed by atoms with Crippen molar-refractivity contribution in [3.8, 4) is 0 Å². The minimum Gasteiger partial charge on any atom is -0.326 e. The molecule has 27 heavy (non-hydrogen) atoms. The Balaban J connectivity index is 1.54. The molecule has 0 saturated carbocycles. The number of nitrogens with one attached hydrogen (secondary N) is 1. The number of anilines is 1. The maximum Gasteiger partial charge on any atom is 0.228 e. The lowest BCUT2D eigenvalue weighted by Gasteiger charge is -2.44. The molecule has 3 aliphatic carbocycles. The van der Waals surface area contributed by atoms with Gasteiger partial charge in [0.25, 0.3) is 0 Å². The highest BCUT2D eigenvalue weighted by molar-refractivity contribution is 5.95. The minimum atomic E-state index is -0.0273. The summed E-state index contributed by atoms with van der Waals surface area (Å²) in [6.07, 6.45) is 0.884. The normalized spacial score (nSPS) is 22.1. The number of rotatable bonds is 2. The molecule has 0 aliphatic heterocycles. The van der Waals surface area contributed by atoms with Crippen molar-refractivity contribution < 1.29 is 4.79 Å². The van der Waals surface area contributed by atoms with Crippen molar-refractivity contribution in [3.05, 3.63) is 100 Å². The fraction of sp³-hybridized carbons (Fsp3) is 0.240. The molecule has 3 aromatic carbocycles. The molecule has 0 spiro atoms. The largest absolute Gasteiger partial charge is 0.326 e. The van der Waals surface area contributed by atoms with Crippen molar-refractivity contribution >= 4 is 11.6 Å². The summed E-state index contributed by atoms with van der Waals surface area (Å²) in [5.41, 5.74) is 8.71. The predicted molar refractivity (Wildman–Crippen MR) is 109 cm³/mol. The molecule has 2 bridgehead atoms. The van der Waals surface area contributed by atoms with Gasteiger partial charge in [0.15, 0.2) is 0 Å². The first-order chi connectivity index (χ1) is 13.1. The van der Waals surface area contributed by atoms with Crippen LogP contribution in [0.5, 0.6) is 0 Å². The molecule has 6 rings (SSSR count). The van der Waals surface area contributed by atoms with Crippen molar-refractivity contribution in [2.24, 2.45) is 5.92 Å². The molecule has 2 nitrogen and oxygen atoms in total. The van der Waals surface area contributed by atoms with Gasteiger partial charge in [0, 0.05) is 17.5 Å². The molecule has 1 N–H and O–H groups in total. The third-order valence-corrected chi connectivity index (χ3v) is 6.28. The molecule has 0 saturated heterocycles. The van der Waals surface area contributed by atoms with Crippen LogP contribution in [0.15, 0.2) is 66.7 Å². The first kappa shape index (κ1) is 16.3. The van der Waals surface area contributed by atoms with Crippen molar-refractivity contribution in [1.29, 1.82) is 0 Å². The van der Waals surface area contributed by atoms with E-state index < -0.39 is 0 Å². The van der Waals surface area contributed by atoms with Crippen LogP contribution in [0, 0.1) is 19.8 Å². The standard InChI is InChI=1S/C25H23NO/c1-15-11-12-23(16(2)13-15)26-25(27)22-14-21-17-7-3-5-9-19(17)24(22)20-10-6-4-8-18(20)21/h3-13,21-22,24H,14H2,1-2H3,(H,26,27). The van der Waals surface area contributed by atoms with Gasteiger partial charge in [-0.25, -0.2) is 0 Å². The zero-order valence-corrected chi connectivity index (χ0v) is 15.7. The smallest absolute Gasteiger partial charge is 0.228 e. The first-order valence-electron chi connectivity index (χ1n) is 9.69. The van der Waals surface area contributed by atoms with E-state index in [1.54, 1.807) is 0 Å². The van der Waals surface area contributed by atoms with Crippen molar-refractivity contribution in [3.63, 3.8) is 0 Å². The number of hydrogen-bond donors (Lipinski definition) is 1. The fourth-order valence-electron chi connectivity index (χ4n) is 5.07. The Morgan fingerprint density at radius 3 is 2.04 bits per heavy atom. The molecular weight excluding hydrogens is 330 g/mol. The van der Waals surface area contributed by atoms with Gasteiger partial charge in [-0.3, -0.25) is 4.79 Å². The van der Waals surface area contributed by atoms with E-state index in [0.29, 0.717) is 5.92 Å². The van der Waals surface area contributed by atoms with Gasteiger partial charge in [-0.1, -0.05) is 66.2 Å². The second-order valence-electron chi connectivity index (χ2n) is 7.94. The van der Waals surface area contributed by atoms with Gasteiger partial charge in [0.05, 0.1) is 5.92 Å². The number of fused-ring (bicyclic) bond motifs is 1. The number of carbonyl (C=O) groups excluding carboxylic acids is 1. The van der Waals surface area contributed by atoms with Gasteiger partial charge in [-0.15, -0.1) is 0 Å². The number of aryl methyl sites for hydroxylation is 2. The summed E-state index contributed by atoms with van der Waals surface area (Å²) < 4.78 is 0. The predicted octanol–water partition coefficient (Wildman–Crippen LogP) is 5.54. The molecule has 3 aliphatic rings. The molecule has 0 heterocycles. The van der Waals surface area contributed by atoms with E-state index in [0.717, 1.165) is 17.7 Å². The van der Waals surface area contributed by atoms with E-state index in [1.807, 2.05) is 6.07 Å². The van der Waals surface area contributed by atoms with E-state index in [1.165, 1.54) is 27.8 Å². The average Bonchev–Trinajstić information content (AvgIpc) is 2.70. The highest BCUT2D eigenvalue weighted by Crippen LogP contribution is 2.55. The molecule has 2 heteroatoms. The first-order valence-corrected chi connectivity index (χ1v) is 9.69. The van der Waals surface area contributed by atoms with E-state index in [9.17, 15) is 4.79 Å². The molecule has 1 amide bonds. The summed E-state index contributed by atoms with van der Waals surface area (Å²) in [5, 5.41) is 3.21. The molecule has 0 radical (unpaired) electrons. The Bertz CT molecular complexity index is 1000. The van der Waals surface area contributed by atoms with Crippen LogP contribution in [-0.2, 0) is 4.79 Å². The third-order valence-electron chi connectivity index (χ3n) is 6.28. The minimum absolute atomic E-state index is 0.0273. The summed E-state index contributed by atoms with van der Waals surface area (Å²) in [5.74, 6) is 0.576. The Labute approximate surface area is 160 Å². The van der Waals surface area contributed by atoms with E-state index in [4.69, 9.17) is 0 Å². The number of amides is 1. The molecular formula is C25H23NO. The Hall–Kier alpha value is -2.87. The van der Waals surface area contributed by atoms with Gasteiger partial charge in [-0.05, 0) is 54.2 Å². The maximum atomic E-state index is 13.3. The number of hydrogen-bond acceptors (Lipinski definition) is 1. The lowest BCUT2D eigenvalue weighted by atomic mass is 9.59. The van der Waals surface area contributed by atoms with Gasteiger partial charge in [0.1, 0.15) is 0 Å². The van der Waals surface area contributed by atoms with Crippen molar-refractivity contribution in [1.82, 2.24) is 0 Å². The molecule has 3 aromatic rings. The Kier molecular flexibility index (Phi) is 3.68. The van der Waals surface area contributed by atoms with Crippen LogP contribution in [0.2, 0.25) is 0 Å². The summed E-state index contributed by atoms with van der Waals surface area (Å²) in [7, 11) is 0. The summed E-state index contributed by atoms with van der Waals surface area (Å²) >= 11 is 0. The molecule has 1 atom stereocenters. The van der Waals surface area contributed by atoms with Crippen LogP contribution in [0.25, 0.3) is 0 Å². The van der Waals surface area contributed by atoms with Gasteiger partial charge >= 0.3 is 0 Å². The second-order valence-corrected chi connectivity index (χ2v) is 7.94. The second kappa shape index (κ2) is 6.09. The van der Waals surface area contributed by atoms with Crippen LogP contribution < -0.4 is 5.32 Å². The van der Waals surface area contributed by atoms with Gasteiger partial charge in [-0.2, -0.15) is 0 Å². The van der Waals surface area contributed by atoms with Crippen molar-refractivity contribution in [2.75, 3.05) is 5.32 Å². The molecule has 0 aromatic heterocycles. The molecule has 1 unspecified atom stereocenters. The van der Waals surface area contributed by atoms with Crippen LogP contribution in [0.4, 0.5) is 5.69 Å². The molecule has 134 valence electrons. The van der Waals surface area contributed by atoms with Crippen LogP contribution in [0.1, 0.15) is 51.6 Å². The van der Waals surface area contributed by atoms with Crippen molar-refractivity contribution in [2.45, 2.75) is 32.1 Å². The van der Waals surface area contributed by atoms with E-state index in [2.05, 4.69) is 79.8 Å². The highest BCUT2D eigenvalue weighted by Gasteiger charge is 2.45. The van der Waals surface area contributed by atoms with Gasteiger partial charge in [0.2, 0.25) is 5.91 Å². The topological polar surface area (TPSA) is 29.1 Å². The highest BCUT2D eigenvalue weighted by atomic mass is 16.1. The van der Waals surface area contributed by atoms with Gasteiger partial charge < -0.3 is 5.32 Å². The average molecular weight is 353 g/mol. The Morgan fingerprint density at radius 1 is 0.852 bits per heavy atom. The zero-order valence-electron chi connectivity index (χ0n) is 15.7. The number of benzene rings is 3. The third kappa shape index (κ3) is 2.51. The monoisotopic (exact) mass is 353 g/mol. The SMILES string of the molecule is Cc1ccc(NC(=O)C2CC3c4ccccc4C2c2ccccc23)c(C)c1. The fourth-order valence-corrected chi connectivity index (χ4v) is 5.07. The van der Waals surface area contributed by atoms with Crippen LogP contribution in [0.3, 0.4) is 0 Å². The van der Waals surface area contributed by atoms with E-state index in [-0.39, 0.29) is 17.7 Å². The Morgan fingerprint density at radius 2 is 1.44 bits per heavy atom. The zero-order chi connectivity index (χ0) is 18.5. The summed E-state index contributed by atoms with van der Waals surface area (Å²) in [6, 6.07) is 23.5. The quantitative estimate of drug-likeness (QED) is 0.644. The number of carbonyl (C=O) groups is 1. The van der Waals surface area contributed by atoms with Crippen LogP contribution in [-0.4, -0.2) is 5.91 Å². The van der Waals surface area contributed by atoms with E-state index >= 15 is 0 Å². The van der Waals surface area contributed by atoms with Crippen LogP contribution >= 0.6 is 0 Å². The maximum absolute atomic E-state index is 13.3. The lowest BCUT2D eigenvalue weighted by molar-refractivity contribution is -0.121. The summed E-state index contributed by atoms with van der Waals surface area (Å²) in [4.78, 5) is 13.3. The lowest BCUT2D eigenvalue weighted by Crippen LogP contribution is -2.38. The molecule has 0 fully saturated rings.